The summed E-state index contributed by atoms with van der Waals surface area (Å²) < 4.78 is 13.4. The van der Waals surface area contributed by atoms with Crippen LogP contribution in [0.3, 0.4) is 0 Å². The number of nitrogens with one attached hydrogen (secondary N) is 2. The van der Waals surface area contributed by atoms with Crippen LogP contribution in [0.5, 0.6) is 0 Å². The second-order valence-corrected chi connectivity index (χ2v) is 8.34. The molecule has 0 spiro atoms. The molecule has 0 aliphatic carbocycles. The molecule has 0 unspecified atom stereocenters. The highest BCUT2D eigenvalue weighted by Gasteiger charge is 2.23. The molecule has 1 atom stereocenters. The van der Waals surface area contributed by atoms with Crippen molar-refractivity contribution in [3.05, 3.63) is 101 Å². The van der Waals surface area contributed by atoms with Crippen molar-refractivity contribution in [2.45, 2.75) is 19.3 Å². The van der Waals surface area contributed by atoms with Crippen molar-refractivity contribution >= 4 is 17.5 Å². The number of rotatable bonds is 8. The number of halogens is 1. The number of hydrogen-bond donors (Lipinski definition) is 2. The summed E-state index contributed by atoms with van der Waals surface area (Å²) in [5, 5.41) is 5.93. The van der Waals surface area contributed by atoms with E-state index in [-0.39, 0.29) is 24.2 Å². The highest BCUT2D eigenvalue weighted by atomic mass is 19.1. The van der Waals surface area contributed by atoms with E-state index >= 15 is 0 Å². The fourth-order valence-electron chi connectivity index (χ4n) is 4.24. The molecule has 0 radical (unpaired) electrons. The summed E-state index contributed by atoms with van der Waals surface area (Å²) in [7, 11) is 0. The molecule has 6 heteroatoms. The Kier molecular flexibility index (Phi) is 7.03. The van der Waals surface area contributed by atoms with Crippen LogP contribution in [0.4, 0.5) is 10.1 Å². The average Bonchev–Trinajstić information content (AvgIpc) is 3.21. The van der Waals surface area contributed by atoms with E-state index in [2.05, 4.69) is 15.5 Å². The van der Waals surface area contributed by atoms with E-state index in [1.165, 1.54) is 6.07 Å². The minimum absolute atomic E-state index is 0.135. The van der Waals surface area contributed by atoms with E-state index in [1.807, 2.05) is 55.5 Å². The minimum Gasteiger partial charge on any atom is -0.369 e. The van der Waals surface area contributed by atoms with Gasteiger partial charge in [-0.15, -0.1) is 0 Å². The SMILES string of the molecule is Cc1cccc(C(=O)NC[C@H](C(=O)NCCN2CCc3cc(F)ccc32)c2ccccc2)c1. The van der Waals surface area contributed by atoms with Crippen molar-refractivity contribution in [3.8, 4) is 0 Å². The number of carbonyl (C=O) groups excluding carboxylic acids is 2. The van der Waals surface area contributed by atoms with E-state index in [0.29, 0.717) is 18.7 Å². The molecule has 0 saturated carbocycles. The van der Waals surface area contributed by atoms with Crippen molar-refractivity contribution in [3.63, 3.8) is 0 Å². The lowest BCUT2D eigenvalue weighted by molar-refractivity contribution is -0.122. The summed E-state index contributed by atoms with van der Waals surface area (Å²) in [6, 6.07) is 21.7. The Labute approximate surface area is 193 Å². The zero-order valence-electron chi connectivity index (χ0n) is 18.7. The molecule has 33 heavy (non-hydrogen) atoms. The van der Waals surface area contributed by atoms with Crippen LogP contribution < -0.4 is 15.5 Å². The fourth-order valence-corrected chi connectivity index (χ4v) is 4.24. The van der Waals surface area contributed by atoms with Crippen molar-refractivity contribution in [1.29, 1.82) is 0 Å². The van der Waals surface area contributed by atoms with Gasteiger partial charge in [0.15, 0.2) is 0 Å². The van der Waals surface area contributed by atoms with Gasteiger partial charge in [-0.2, -0.15) is 0 Å². The van der Waals surface area contributed by atoms with Crippen LogP contribution >= 0.6 is 0 Å². The highest BCUT2D eigenvalue weighted by molar-refractivity contribution is 5.95. The normalized spacial score (nSPS) is 13.3. The van der Waals surface area contributed by atoms with Gasteiger partial charge in [-0.3, -0.25) is 9.59 Å². The second kappa shape index (κ2) is 10.3. The molecule has 0 aromatic heterocycles. The Bertz CT molecular complexity index is 1130. The molecule has 2 amide bonds. The Balaban J connectivity index is 1.37. The zero-order valence-corrected chi connectivity index (χ0v) is 18.7. The zero-order chi connectivity index (χ0) is 23.2. The van der Waals surface area contributed by atoms with E-state index in [9.17, 15) is 14.0 Å². The summed E-state index contributed by atoms with van der Waals surface area (Å²) in [5.41, 5.74) is 4.46. The quantitative estimate of drug-likeness (QED) is 0.554. The van der Waals surface area contributed by atoms with Crippen LogP contribution in [-0.4, -0.2) is 38.0 Å². The molecule has 2 N–H and O–H groups in total. The van der Waals surface area contributed by atoms with Crippen LogP contribution in [0.1, 0.15) is 33.0 Å². The maximum Gasteiger partial charge on any atom is 0.251 e. The highest BCUT2D eigenvalue weighted by Crippen LogP contribution is 2.28. The summed E-state index contributed by atoms with van der Waals surface area (Å²) in [4.78, 5) is 27.8. The number of aryl methyl sites for hydroxylation is 1. The number of benzene rings is 3. The van der Waals surface area contributed by atoms with Gasteiger partial charge >= 0.3 is 0 Å². The van der Waals surface area contributed by atoms with Crippen LogP contribution in [0.15, 0.2) is 72.8 Å². The molecule has 1 aliphatic heterocycles. The maximum absolute atomic E-state index is 13.4. The first-order valence-corrected chi connectivity index (χ1v) is 11.2. The molecule has 1 heterocycles. The van der Waals surface area contributed by atoms with Gasteiger partial charge in [-0.1, -0.05) is 48.0 Å². The molecule has 4 rings (SSSR count). The number of amides is 2. The third-order valence-electron chi connectivity index (χ3n) is 5.98. The first kappa shape index (κ1) is 22.5. The molecule has 3 aromatic rings. The summed E-state index contributed by atoms with van der Waals surface area (Å²) >= 11 is 0. The third kappa shape index (κ3) is 5.58. The predicted molar refractivity (Wildman–Crippen MR) is 128 cm³/mol. The molecule has 0 bridgehead atoms. The number of nitrogens with zero attached hydrogens (tertiary/aromatic N) is 1. The van der Waals surface area contributed by atoms with E-state index in [1.54, 1.807) is 18.2 Å². The molecule has 0 fully saturated rings. The van der Waals surface area contributed by atoms with Crippen molar-refractivity contribution in [1.82, 2.24) is 10.6 Å². The monoisotopic (exact) mass is 445 g/mol. The van der Waals surface area contributed by atoms with Gasteiger partial charge in [0.1, 0.15) is 5.82 Å². The van der Waals surface area contributed by atoms with Crippen LogP contribution in [0, 0.1) is 12.7 Å². The standard InChI is InChI=1S/C27H28FN3O2/c1-19-6-5-9-22(16-19)26(32)30-18-24(20-7-3-2-4-8-20)27(33)29-13-15-31-14-12-21-17-23(28)10-11-25(21)31/h2-11,16-17,24H,12-15,18H2,1H3,(H,29,33)(H,30,32)/t24-/m0/s1. The molecule has 3 aromatic carbocycles. The van der Waals surface area contributed by atoms with Gasteiger partial charge in [-0.25, -0.2) is 4.39 Å². The smallest absolute Gasteiger partial charge is 0.251 e. The van der Waals surface area contributed by atoms with Gasteiger partial charge in [0.2, 0.25) is 5.91 Å². The van der Waals surface area contributed by atoms with Crippen molar-refractivity contribution < 1.29 is 14.0 Å². The average molecular weight is 446 g/mol. The third-order valence-corrected chi connectivity index (χ3v) is 5.98. The summed E-state index contributed by atoms with van der Waals surface area (Å²) in [5.74, 6) is -1.06. The van der Waals surface area contributed by atoms with Gasteiger partial charge < -0.3 is 15.5 Å². The topological polar surface area (TPSA) is 61.4 Å². The molecule has 5 nitrogen and oxygen atoms in total. The Morgan fingerprint density at radius 3 is 2.61 bits per heavy atom. The molecular weight excluding hydrogens is 417 g/mol. The van der Waals surface area contributed by atoms with Gasteiger partial charge in [0.25, 0.3) is 5.91 Å². The van der Waals surface area contributed by atoms with Gasteiger partial charge in [0, 0.05) is 37.4 Å². The van der Waals surface area contributed by atoms with Crippen LogP contribution in [-0.2, 0) is 11.2 Å². The molecule has 0 saturated heterocycles. The number of hydrogen-bond acceptors (Lipinski definition) is 3. The number of anilines is 1. The van der Waals surface area contributed by atoms with Crippen LogP contribution in [0.2, 0.25) is 0 Å². The lowest BCUT2D eigenvalue weighted by Gasteiger charge is -2.22. The number of carbonyl (C=O) groups is 2. The largest absolute Gasteiger partial charge is 0.369 e. The first-order chi connectivity index (χ1) is 16.0. The Morgan fingerprint density at radius 2 is 1.82 bits per heavy atom. The summed E-state index contributed by atoms with van der Waals surface area (Å²) in [6.07, 6.45) is 0.804. The number of fused-ring (bicyclic) bond motifs is 1. The fraction of sp³-hybridized carbons (Fsp3) is 0.259. The van der Waals surface area contributed by atoms with Gasteiger partial charge in [0.05, 0.1) is 5.92 Å². The Morgan fingerprint density at radius 1 is 1.00 bits per heavy atom. The predicted octanol–water partition coefficient (Wildman–Crippen LogP) is 3.83. The maximum atomic E-state index is 13.4. The van der Waals surface area contributed by atoms with E-state index in [0.717, 1.165) is 35.3 Å². The molecular formula is C27H28FN3O2. The lowest BCUT2D eigenvalue weighted by Crippen LogP contribution is -2.40. The molecule has 170 valence electrons. The summed E-state index contributed by atoms with van der Waals surface area (Å²) in [6.45, 7) is 4.05. The van der Waals surface area contributed by atoms with Gasteiger partial charge in [-0.05, 0) is 54.8 Å². The van der Waals surface area contributed by atoms with Crippen molar-refractivity contribution in [2.24, 2.45) is 0 Å². The first-order valence-electron chi connectivity index (χ1n) is 11.2. The Hall–Kier alpha value is -3.67. The minimum atomic E-state index is -0.500. The van der Waals surface area contributed by atoms with E-state index in [4.69, 9.17) is 0 Å². The van der Waals surface area contributed by atoms with Crippen LogP contribution in [0.25, 0.3) is 0 Å². The van der Waals surface area contributed by atoms with Crippen molar-refractivity contribution in [2.75, 3.05) is 31.1 Å². The second-order valence-electron chi connectivity index (χ2n) is 8.34. The molecule has 1 aliphatic rings. The lowest BCUT2D eigenvalue weighted by atomic mass is 9.98. The van der Waals surface area contributed by atoms with E-state index < -0.39 is 5.92 Å².